The number of piperazine rings is 1. The number of fused-ring (bicyclic) bond motifs is 10. The number of hydrogen-bond donors (Lipinski definition) is 0. The molecule has 8 saturated carbocycles. The fourth-order valence-electron chi connectivity index (χ4n) is 20.6. The molecule has 0 unspecified atom stereocenters. The van der Waals surface area contributed by atoms with Crippen molar-refractivity contribution in [2.75, 3.05) is 26.2 Å². The van der Waals surface area contributed by atoms with Gasteiger partial charge in [-0.05, 0) is 245 Å². The molecule has 10 nitrogen and oxygen atoms in total. The standard InChI is InChI=1S/C64H92N4O6/c1-41(51-17-19-53-49-15-13-45-37-47(73-59(71)43-9-7-31-65-39-43)23-27-61(45,3)55(49)25-29-63(51,53)5)11-21-57(69)67-33-35-68(36-34-67)58(70)22-12-42(2)52-18-20-54-50-16-14-46-38-48(74-60(72)44-10-8-32-66-40-44)24-28-62(46,4)56(50)26-30-64(52,54)6/h7-10,31-32,39-42,45-56H,11-30,33-38H2,1-6H3/t41-,42-,45-,46-,47-,48-,49+,50+,51-,52-,53+,54+,55+,56+,61+,62+,63-,64-/m1/s1. The fraction of sp³-hybridized carbons (Fsp3) is 0.781. The average Bonchev–Trinajstić information content (AvgIpc) is 3.97. The van der Waals surface area contributed by atoms with Crippen LogP contribution < -0.4 is 0 Å². The minimum absolute atomic E-state index is 0.00582. The molecule has 0 bridgehead atoms. The molecule has 9 fully saturated rings. The summed E-state index contributed by atoms with van der Waals surface area (Å²) >= 11 is 0. The first kappa shape index (κ1) is 52.2. The molecule has 18 atom stereocenters. The Morgan fingerprint density at radius 3 is 1.31 bits per heavy atom. The summed E-state index contributed by atoms with van der Waals surface area (Å²) in [5, 5.41) is 0. The minimum Gasteiger partial charge on any atom is -0.459 e. The Labute approximate surface area is 444 Å². The van der Waals surface area contributed by atoms with Crippen LogP contribution in [0.25, 0.3) is 0 Å². The summed E-state index contributed by atoms with van der Waals surface area (Å²) in [4.78, 5) is 65.8. The lowest BCUT2D eigenvalue weighted by atomic mass is 9.44. The number of aromatic nitrogens is 2. The van der Waals surface area contributed by atoms with Gasteiger partial charge in [-0.1, -0.05) is 41.5 Å². The topological polar surface area (TPSA) is 119 Å². The van der Waals surface area contributed by atoms with Crippen molar-refractivity contribution in [3.8, 4) is 0 Å². The highest BCUT2D eigenvalue weighted by Crippen LogP contribution is 2.70. The molecule has 11 rings (SSSR count). The monoisotopic (exact) mass is 1010 g/mol. The SMILES string of the molecule is C[C@H](CCC(=O)N1CCN(C(=O)CC[C@@H](C)[C@H]2CC[C@H]3[C@@H]4CC[C@@H]5C[C@H](OC(=O)c6cccnc6)CC[C@]5(C)[C@H]4CC[C@]23C)CC1)[C@H]1CC[C@H]2[C@@H]3CC[C@@H]4C[C@H](OC(=O)c5cccnc5)CC[C@]4(C)[C@H]3CC[C@]12C. The number of rotatable bonds is 12. The van der Waals surface area contributed by atoms with Crippen molar-refractivity contribution in [1.82, 2.24) is 19.8 Å². The van der Waals surface area contributed by atoms with Crippen LogP contribution in [0.3, 0.4) is 0 Å². The van der Waals surface area contributed by atoms with Gasteiger partial charge in [0.15, 0.2) is 0 Å². The van der Waals surface area contributed by atoms with E-state index in [4.69, 9.17) is 9.47 Å². The maximum atomic E-state index is 13.8. The largest absolute Gasteiger partial charge is 0.459 e. The van der Waals surface area contributed by atoms with E-state index >= 15 is 0 Å². The number of carbonyl (C=O) groups is 4. The maximum Gasteiger partial charge on any atom is 0.339 e. The van der Waals surface area contributed by atoms with Gasteiger partial charge in [-0.15, -0.1) is 0 Å². The minimum atomic E-state index is -0.231. The summed E-state index contributed by atoms with van der Waals surface area (Å²) in [6.07, 6.45) is 31.6. The molecule has 3 heterocycles. The third-order valence-corrected chi connectivity index (χ3v) is 24.7. The Bertz CT molecular complexity index is 2180. The lowest BCUT2D eigenvalue weighted by molar-refractivity contribution is -0.140. The zero-order valence-electron chi connectivity index (χ0n) is 46.3. The smallest absolute Gasteiger partial charge is 0.339 e. The van der Waals surface area contributed by atoms with Gasteiger partial charge in [-0.3, -0.25) is 19.6 Å². The van der Waals surface area contributed by atoms with Crippen molar-refractivity contribution in [3.63, 3.8) is 0 Å². The molecule has 0 N–H and O–H groups in total. The first-order valence-electron chi connectivity index (χ1n) is 30.4. The lowest BCUT2D eigenvalue weighted by Crippen LogP contribution is -2.54. The average molecular weight is 1010 g/mol. The molecule has 8 aliphatic carbocycles. The second kappa shape index (κ2) is 20.9. The van der Waals surface area contributed by atoms with Crippen LogP contribution >= 0.6 is 0 Å². The van der Waals surface area contributed by atoms with E-state index in [-0.39, 0.29) is 36.0 Å². The van der Waals surface area contributed by atoms with E-state index in [1.54, 1.807) is 49.1 Å². The van der Waals surface area contributed by atoms with E-state index in [9.17, 15) is 19.2 Å². The van der Waals surface area contributed by atoms with Crippen molar-refractivity contribution in [2.24, 2.45) is 92.7 Å². The fourth-order valence-corrected chi connectivity index (χ4v) is 20.6. The first-order chi connectivity index (χ1) is 35.6. The van der Waals surface area contributed by atoms with Crippen LogP contribution in [0.15, 0.2) is 49.1 Å². The van der Waals surface area contributed by atoms with Gasteiger partial charge in [0, 0.05) is 63.8 Å². The number of nitrogens with zero attached hydrogens (tertiary/aromatic N) is 4. The van der Waals surface area contributed by atoms with Gasteiger partial charge < -0.3 is 19.3 Å². The molecular weight excluding hydrogens is 921 g/mol. The maximum absolute atomic E-state index is 13.8. The Balaban J connectivity index is 0.604. The van der Waals surface area contributed by atoms with Gasteiger partial charge in [0.25, 0.3) is 0 Å². The number of hydrogen-bond acceptors (Lipinski definition) is 8. The predicted octanol–water partition coefficient (Wildman–Crippen LogP) is 13.0. The van der Waals surface area contributed by atoms with Crippen LogP contribution in [-0.2, 0) is 19.1 Å². The zero-order valence-corrected chi connectivity index (χ0v) is 46.3. The van der Waals surface area contributed by atoms with Gasteiger partial charge in [-0.2, -0.15) is 0 Å². The third-order valence-electron chi connectivity index (χ3n) is 24.7. The Morgan fingerprint density at radius 1 is 0.527 bits per heavy atom. The van der Waals surface area contributed by atoms with Gasteiger partial charge in [0.1, 0.15) is 12.2 Å². The molecule has 0 aromatic carbocycles. The summed E-state index contributed by atoms with van der Waals surface area (Å²) in [6, 6.07) is 7.20. The molecule has 1 aliphatic heterocycles. The Kier molecular flexibility index (Phi) is 14.7. The van der Waals surface area contributed by atoms with E-state index in [1.165, 1.54) is 77.0 Å². The molecule has 10 heteroatoms. The molecule has 9 aliphatic rings. The van der Waals surface area contributed by atoms with E-state index in [1.807, 2.05) is 0 Å². The van der Waals surface area contributed by atoms with E-state index in [0.29, 0.717) is 107 Å². The molecule has 2 aromatic rings. The van der Waals surface area contributed by atoms with Gasteiger partial charge in [0.2, 0.25) is 11.8 Å². The van der Waals surface area contributed by atoms with Crippen molar-refractivity contribution in [2.45, 2.75) is 195 Å². The summed E-state index contributed by atoms with van der Waals surface area (Å²) in [7, 11) is 0. The van der Waals surface area contributed by atoms with Crippen LogP contribution in [0.1, 0.15) is 204 Å². The molecule has 2 amide bonds. The highest BCUT2D eigenvalue weighted by molar-refractivity contribution is 5.89. The summed E-state index contributed by atoms with van der Waals surface area (Å²) < 4.78 is 12.2. The van der Waals surface area contributed by atoms with Gasteiger partial charge in [-0.25, -0.2) is 9.59 Å². The van der Waals surface area contributed by atoms with Crippen LogP contribution in [0.4, 0.5) is 0 Å². The van der Waals surface area contributed by atoms with Crippen LogP contribution in [0.2, 0.25) is 0 Å². The molecule has 0 spiro atoms. The van der Waals surface area contributed by atoms with Crippen molar-refractivity contribution in [1.29, 1.82) is 0 Å². The van der Waals surface area contributed by atoms with E-state index < -0.39 is 0 Å². The lowest BCUT2D eigenvalue weighted by Gasteiger charge is -2.61. The second-order valence-electron chi connectivity index (χ2n) is 27.7. The molecule has 74 heavy (non-hydrogen) atoms. The van der Waals surface area contributed by atoms with Crippen LogP contribution in [-0.4, -0.2) is 81.9 Å². The van der Waals surface area contributed by atoms with E-state index in [2.05, 4.69) is 61.3 Å². The van der Waals surface area contributed by atoms with Crippen LogP contribution in [0, 0.1) is 92.7 Å². The number of carbonyl (C=O) groups excluding carboxylic acids is 4. The zero-order chi connectivity index (χ0) is 51.6. The van der Waals surface area contributed by atoms with Gasteiger partial charge >= 0.3 is 11.9 Å². The van der Waals surface area contributed by atoms with Crippen molar-refractivity contribution >= 4 is 23.8 Å². The number of ether oxygens (including phenoxy) is 2. The second-order valence-corrected chi connectivity index (χ2v) is 27.7. The van der Waals surface area contributed by atoms with Crippen LogP contribution in [0.5, 0.6) is 0 Å². The molecule has 0 radical (unpaired) electrons. The molecule has 2 aromatic heterocycles. The molecule has 1 saturated heterocycles. The first-order valence-corrected chi connectivity index (χ1v) is 30.4. The summed E-state index contributed by atoms with van der Waals surface area (Å²) in [6.45, 7) is 18.0. The number of pyridine rings is 2. The Hall–Kier alpha value is -3.82. The number of esters is 2. The summed E-state index contributed by atoms with van der Waals surface area (Å²) in [5.74, 6) is 8.39. The van der Waals surface area contributed by atoms with Gasteiger partial charge in [0.05, 0.1) is 11.1 Å². The quantitative estimate of drug-likeness (QED) is 0.193. The Morgan fingerprint density at radius 2 is 0.919 bits per heavy atom. The van der Waals surface area contributed by atoms with E-state index in [0.717, 1.165) is 86.9 Å². The number of amides is 2. The molecular formula is C64H92N4O6. The third kappa shape index (κ3) is 9.48. The van der Waals surface area contributed by atoms with Crippen molar-refractivity contribution < 1.29 is 28.7 Å². The highest BCUT2D eigenvalue weighted by atomic mass is 16.5. The normalized spacial score (nSPS) is 41.2. The summed E-state index contributed by atoms with van der Waals surface area (Å²) in [5.41, 5.74) is 2.45. The highest BCUT2D eigenvalue weighted by Gasteiger charge is 2.63. The molecule has 404 valence electrons. The van der Waals surface area contributed by atoms with Crippen molar-refractivity contribution in [3.05, 3.63) is 60.2 Å². The predicted molar refractivity (Wildman–Crippen MR) is 287 cm³/mol.